The maximum atomic E-state index is 2.52. The number of rotatable bonds is 5. The molecule has 0 radical (unpaired) electrons. The molecule has 2 aliphatic rings. The molecule has 10 rings (SSSR count). The van der Waals surface area contributed by atoms with E-state index in [-0.39, 0.29) is 11.5 Å². The number of nitrogens with zero attached hydrogens (tertiary/aromatic N) is 1. The topological polar surface area (TPSA) is 3.24 Å². The van der Waals surface area contributed by atoms with Crippen LogP contribution in [0.1, 0.15) is 37.8 Å². The van der Waals surface area contributed by atoms with Crippen LogP contribution in [-0.4, -0.2) is 6.04 Å². The zero-order chi connectivity index (χ0) is 37.1. The summed E-state index contributed by atoms with van der Waals surface area (Å²) in [5.41, 5.74) is 15.4. The zero-order valence-corrected chi connectivity index (χ0v) is 31.6. The van der Waals surface area contributed by atoms with Crippen molar-refractivity contribution in [1.29, 1.82) is 0 Å². The lowest BCUT2D eigenvalue weighted by Crippen LogP contribution is -2.28. The first-order valence-corrected chi connectivity index (χ1v) is 19.5. The summed E-state index contributed by atoms with van der Waals surface area (Å²) in [7, 11) is 0. The fourth-order valence-corrected chi connectivity index (χ4v) is 8.98. The van der Waals surface area contributed by atoms with Gasteiger partial charge in [0.15, 0.2) is 0 Å². The zero-order valence-electron chi connectivity index (χ0n) is 31.6. The second-order valence-corrected chi connectivity index (χ2v) is 16.1. The average molecular weight is 706 g/mol. The first-order chi connectivity index (χ1) is 26.9. The van der Waals surface area contributed by atoms with E-state index in [9.17, 15) is 0 Å². The van der Waals surface area contributed by atoms with Crippen LogP contribution in [0.25, 0.3) is 66.1 Å². The molecule has 0 bridgehead atoms. The highest BCUT2D eigenvalue weighted by Crippen LogP contribution is 2.49. The van der Waals surface area contributed by atoms with Crippen LogP contribution < -0.4 is 4.90 Å². The summed E-state index contributed by atoms with van der Waals surface area (Å²) in [5, 5.41) is 5.08. The van der Waals surface area contributed by atoms with Crippen LogP contribution in [0.4, 0.5) is 11.4 Å². The normalized spacial score (nSPS) is 16.1. The Morgan fingerprint density at radius 3 is 1.42 bits per heavy atom. The SMILES string of the molecule is CC(C)(C)c1ccc(N2c3ccc(-c4ccc(-c5c6ccccc6c(-c6ccc(-c7ccccc7)cc6)c6ccccc56)cc4)cc3C3C=CC=CC32)cc1. The molecule has 1 heteroatoms. The molecule has 264 valence electrons. The summed E-state index contributed by atoms with van der Waals surface area (Å²) >= 11 is 0. The number of allylic oxidation sites excluding steroid dienone is 2. The molecule has 8 aromatic rings. The predicted octanol–water partition coefficient (Wildman–Crippen LogP) is 14.7. The molecule has 0 saturated heterocycles. The fraction of sp³-hybridized carbons (Fsp3) is 0.111. The monoisotopic (exact) mass is 705 g/mol. The predicted molar refractivity (Wildman–Crippen MR) is 235 cm³/mol. The Kier molecular flexibility index (Phi) is 7.92. The van der Waals surface area contributed by atoms with Gasteiger partial charge in [0.2, 0.25) is 0 Å². The first-order valence-electron chi connectivity index (χ1n) is 19.5. The summed E-state index contributed by atoms with van der Waals surface area (Å²) in [4.78, 5) is 2.52. The van der Waals surface area contributed by atoms with Crippen LogP contribution >= 0.6 is 0 Å². The lowest BCUT2D eigenvalue weighted by atomic mass is 9.85. The van der Waals surface area contributed by atoms with E-state index < -0.39 is 0 Å². The lowest BCUT2D eigenvalue weighted by molar-refractivity contribution is 0.590. The van der Waals surface area contributed by atoms with Gasteiger partial charge in [0.25, 0.3) is 0 Å². The molecule has 8 aromatic carbocycles. The van der Waals surface area contributed by atoms with Crippen molar-refractivity contribution in [1.82, 2.24) is 0 Å². The van der Waals surface area contributed by atoms with Gasteiger partial charge in [-0.1, -0.05) is 191 Å². The fourth-order valence-electron chi connectivity index (χ4n) is 8.98. The van der Waals surface area contributed by atoms with Crippen molar-refractivity contribution in [3.05, 3.63) is 205 Å². The van der Waals surface area contributed by atoms with Crippen molar-refractivity contribution >= 4 is 32.9 Å². The molecule has 0 amide bonds. The third kappa shape index (κ3) is 5.70. The molecule has 1 aliphatic heterocycles. The molecule has 0 saturated carbocycles. The van der Waals surface area contributed by atoms with E-state index in [2.05, 4.69) is 220 Å². The summed E-state index contributed by atoms with van der Waals surface area (Å²) in [5.74, 6) is 0.312. The molecule has 0 fully saturated rings. The lowest BCUT2D eigenvalue weighted by Gasteiger charge is -2.29. The van der Waals surface area contributed by atoms with Gasteiger partial charge in [0.1, 0.15) is 0 Å². The van der Waals surface area contributed by atoms with Crippen LogP contribution in [-0.2, 0) is 5.41 Å². The smallest absolute Gasteiger partial charge is 0.0629 e. The highest BCUT2D eigenvalue weighted by molar-refractivity contribution is 6.21. The van der Waals surface area contributed by atoms with Gasteiger partial charge < -0.3 is 4.90 Å². The van der Waals surface area contributed by atoms with Gasteiger partial charge in [-0.05, 0) is 107 Å². The van der Waals surface area contributed by atoms with Gasteiger partial charge in [-0.15, -0.1) is 0 Å². The third-order valence-electron chi connectivity index (χ3n) is 11.8. The van der Waals surface area contributed by atoms with Crippen molar-refractivity contribution in [2.45, 2.75) is 38.1 Å². The van der Waals surface area contributed by atoms with Crippen LogP contribution in [0, 0.1) is 0 Å². The molecule has 1 nitrogen and oxygen atoms in total. The minimum Gasteiger partial charge on any atom is -0.333 e. The van der Waals surface area contributed by atoms with Crippen molar-refractivity contribution in [3.8, 4) is 44.5 Å². The summed E-state index contributed by atoms with van der Waals surface area (Å²) in [6, 6.07) is 63.3. The Morgan fingerprint density at radius 2 is 0.873 bits per heavy atom. The maximum Gasteiger partial charge on any atom is 0.0629 e. The molecule has 0 N–H and O–H groups in total. The third-order valence-corrected chi connectivity index (χ3v) is 11.8. The molecule has 0 spiro atoms. The molecule has 2 unspecified atom stereocenters. The first kappa shape index (κ1) is 33.2. The van der Waals surface area contributed by atoms with E-state index in [4.69, 9.17) is 0 Å². The minimum absolute atomic E-state index is 0.126. The van der Waals surface area contributed by atoms with E-state index >= 15 is 0 Å². The molecule has 2 atom stereocenters. The molecular formula is C54H43N. The second kappa shape index (κ2) is 13.1. The van der Waals surface area contributed by atoms with Gasteiger partial charge in [-0.2, -0.15) is 0 Å². The highest BCUT2D eigenvalue weighted by atomic mass is 15.2. The quantitative estimate of drug-likeness (QED) is 0.161. The van der Waals surface area contributed by atoms with Gasteiger partial charge >= 0.3 is 0 Å². The number of hydrogen-bond acceptors (Lipinski definition) is 1. The van der Waals surface area contributed by atoms with Crippen molar-refractivity contribution in [3.63, 3.8) is 0 Å². The van der Waals surface area contributed by atoms with Gasteiger partial charge in [0.05, 0.1) is 6.04 Å². The second-order valence-electron chi connectivity index (χ2n) is 16.1. The summed E-state index contributed by atoms with van der Waals surface area (Å²) in [6.07, 6.45) is 9.14. The molecule has 1 aliphatic carbocycles. The molecular weight excluding hydrogens is 663 g/mol. The summed E-state index contributed by atoms with van der Waals surface area (Å²) < 4.78 is 0. The largest absolute Gasteiger partial charge is 0.333 e. The Hall–Kier alpha value is -6.44. The molecule has 1 heterocycles. The Bertz CT molecular complexity index is 2700. The van der Waals surface area contributed by atoms with Crippen LogP contribution in [0.3, 0.4) is 0 Å². The van der Waals surface area contributed by atoms with Crippen molar-refractivity contribution in [2.75, 3.05) is 4.90 Å². The highest BCUT2D eigenvalue weighted by Gasteiger charge is 2.37. The van der Waals surface area contributed by atoms with Crippen LogP contribution in [0.5, 0.6) is 0 Å². The standard InChI is InChI=1S/C54H43N/c1-54(2,3)42-30-32-43(33-31-42)55-50-20-12-11-15-44(50)49-35-41(29-34-51(49)55)38-23-27-40(28-24-38)53-47-18-9-7-16-45(47)52(46-17-8-10-19-48(46)53)39-25-21-37(22-26-39)36-13-5-4-6-14-36/h4-35,44,50H,1-3H3. The van der Waals surface area contributed by atoms with Gasteiger partial charge in [-0.3, -0.25) is 0 Å². The van der Waals surface area contributed by atoms with Crippen molar-refractivity contribution in [2.24, 2.45) is 0 Å². The van der Waals surface area contributed by atoms with E-state index in [0.29, 0.717) is 5.92 Å². The average Bonchev–Trinajstić information content (AvgIpc) is 3.57. The Balaban J connectivity index is 1.03. The van der Waals surface area contributed by atoms with Gasteiger partial charge in [0, 0.05) is 17.3 Å². The molecule has 55 heavy (non-hydrogen) atoms. The maximum absolute atomic E-state index is 2.52. The molecule has 0 aromatic heterocycles. The van der Waals surface area contributed by atoms with Crippen molar-refractivity contribution < 1.29 is 0 Å². The Morgan fingerprint density at radius 1 is 0.418 bits per heavy atom. The summed E-state index contributed by atoms with van der Waals surface area (Å²) in [6.45, 7) is 6.83. The number of benzene rings is 8. The number of hydrogen-bond donors (Lipinski definition) is 0. The minimum atomic E-state index is 0.126. The number of fused-ring (bicyclic) bond motifs is 5. The Labute approximate surface area is 324 Å². The van der Waals surface area contributed by atoms with Crippen LogP contribution in [0.2, 0.25) is 0 Å². The van der Waals surface area contributed by atoms with E-state index in [1.165, 1.54) is 88.6 Å². The van der Waals surface area contributed by atoms with E-state index in [1.807, 2.05) is 0 Å². The van der Waals surface area contributed by atoms with E-state index in [0.717, 1.165) is 0 Å². The van der Waals surface area contributed by atoms with Gasteiger partial charge in [-0.25, -0.2) is 0 Å². The van der Waals surface area contributed by atoms with Crippen LogP contribution in [0.15, 0.2) is 194 Å². The number of anilines is 2. The van der Waals surface area contributed by atoms with E-state index in [1.54, 1.807) is 0 Å².